The molecule has 270 valence electrons. The van der Waals surface area contributed by atoms with Gasteiger partial charge in [0.25, 0.3) is 10.0 Å². The Morgan fingerprint density at radius 1 is 0.784 bits per heavy atom. The smallest absolute Gasteiger partial charge is 0.264 e. The van der Waals surface area contributed by atoms with E-state index in [0.717, 1.165) is 53.1 Å². The third kappa shape index (κ3) is 9.40. The second-order valence-corrected chi connectivity index (χ2v) is 14.6. The molecular formula is C40H47N3O7S. The summed E-state index contributed by atoms with van der Waals surface area (Å²) in [5, 5.41) is 3.24. The topological polar surface area (TPSA) is 114 Å². The van der Waals surface area contributed by atoms with Gasteiger partial charge >= 0.3 is 0 Å². The summed E-state index contributed by atoms with van der Waals surface area (Å²) in [6.07, 6.45) is 5.17. The van der Waals surface area contributed by atoms with E-state index < -0.39 is 28.5 Å². The van der Waals surface area contributed by atoms with E-state index >= 15 is 0 Å². The highest BCUT2D eigenvalue weighted by Crippen LogP contribution is 2.33. The first-order chi connectivity index (χ1) is 24.6. The molecular weight excluding hydrogens is 667 g/mol. The second-order valence-electron chi connectivity index (χ2n) is 12.8. The average Bonchev–Trinajstić information content (AvgIpc) is 3.16. The van der Waals surface area contributed by atoms with Crippen molar-refractivity contribution in [2.75, 3.05) is 32.2 Å². The van der Waals surface area contributed by atoms with Gasteiger partial charge in [-0.25, -0.2) is 8.42 Å². The molecule has 0 aromatic heterocycles. The van der Waals surface area contributed by atoms with Crippen molar-refractivity contribution in [3.05, 3.63) is 114 Å². The maximum absolute atomic E-state index is 14.8. The number of anilines is 1. The highest BCUT2D eigenvalue weighted by molar-refractivity contribution is 7.92. The predicted octanol–water partition coefficient (Wildman–Crippen LogP) is 6.31. The molecule has 0 radical (unpaired) electrons. The van der Waals surface area contributed by atoms with Crippen molar-refractivity contribution >= 4 is 27.5 Å². The van der Waals surface area contributed by atoms with E-state index in [1.807, 2.05) is 61.5 Å². The molecule has 10 nitrogen and oxygen atoms in total. The zero-order valence-corrected chi connectivity index (χ0v) is 30.5. The molecule has 4 aromatic carbocycles. The molecule has 2 amide bonds. The summed E-state index contributed by atoms with van der Waals surface area (Å²) < 4.78 is 46.3. The van der Waals surface area contributed by atoms with Gasteiger partial charge in [0, 0.05) is 25.1 Å². The van der Waals surface area contributed by atoms with Crippen LogP contribution in [0, 0.1) is 6.92 Å². The van der Waals surface area contributed by atoms with Gasteiger partial charge in [-0.3, -0.25) is 13.9 Å². The van der Waals surface area contributed by atoms with Gasteiger partial charge in [0.15, 0.2) is 11.5 Å². The Hall–Kier alpha value is -5.03. The first-order valence-corrected chi connectivity index (χ1v) is 18.6. The minimum atomic E-state index is -4.33. The molecule has 1 aliphatic carbocycles. The standard InChI is InChI=1S/C40H47N3O7S/c1-29-18-20-33(21-19-29)43(51(46,47)35-22-23-37(49-3)38(26-35)50-4)28-39(44)42(27-31-14-11-17-34(24-31)48-2)36(25-30-12-7-5-8-13-30)40(45)41-32-15-9-6-10-16-32/h5,7-8,11-14,17-24,26,32,36H,6,9-10,15-16,25,27-28H2,1-4H3,(H,41,45). The molecule has 0 heterocycles. The van der Waals surface area contributed by atoms with Gasteiger partial charge in [0.05, 0.1) is 31.9 Å². The fraction of sp³-hybridized carbons (Fsp3) is 0.350. The van der Waals surface area contributed by atoms with Crippen molar-refractivity contribution in [2.24, 2.45) is 0 Å². The highest BCUT2D eigenvalue weighted by Gasteiger charge is 2.36. The minimum absolute atomic E-state index is 0.00721. The number of ether oxygens (including phenoxy) is 3. The van der Waals surface area contributed by atoms with Gasteiger partial charge in [-0.2, -0.15) is 0 Å². The summed E-state index contributed by atoms with van der Waals surface area (Å²) in [6.45, 7) is 1.38. The first-order valence-electron chi connectivity index (χ1n) is 17.2. The summed E-state index contributed by atoms with van der Waals surface area (Å²) in [4.78, 5) is 30.6. The minimum Gasteiger partial charge on any atom is -0.497 e. The zero-order chi connectivity index (χ0) is 36.4. The van der Waals surface area contributed by atoms with Gasteiger partial charge in [-0.1, -0.05) is 79.4 Å². The molecule has 1 fully saturated rings. The lowest BCUT2D eigenvalue weighted by molar-refractivity contribution is -0.140. The number of carbonyl (C=O) groups is 2. The van der Waals surface area contributed by atoms with Crippen LogP contribution in [0.2, 0.25) is 0 Å². The molecule has 1 unspecified atom stereocenters. The SMILES string of the molecule is COc1cccc(CN(C(=O)CN(c2ccc(C)cc2)S(=O)(=O)c2ccc(OC)c(OC)c2)C(Cc2ccccc2)C(=O)NC2CCCCC2)c1. The quantitative estimate of drug-likeness (QED) is 0.154. The van der Waals surface area contributed by atoms with Gasteiger partial charge < -0.3 is 24.4 Å². The van der Waals surface area contributed by atoms with Crippen LogP contribution in [0.4, 0.5) is 5.69 Å². The van der Waals surface area contributed by atoms with Crippen LogP contribution in [0.1, 0.15) is 48.8 Å². The van der Waals surface area contributed by atoms with E-state index in [2.05, 4.69) is 5.32 Å². The lowest BCUT2D eigenvalue weighted by atomic mass is 9.94. The maximum Gasteiger partial charge on any atom is 0.264 e. The van der Waals surface area contributed by atoms with Gasteiger partial charge in [-0.05, 0) is 67.3 Å². The number of hydrogen-bond acceptors (Lipinski definition) is 7. The Kier molecular flexibility index (Phi) is 12.6. The lowest BCUT2D eigenvalue weighted by Gasteiger charge is -2.35. The molecule has 0 aliphatic heterocycles. The Morgan fingerprint density at radius 2 is 1.47 bits per heavy atom. The molecule has 1 atom stereocenters. The molecule has 1 aliphatic rings. The number of nitrogens with one attached hydrogen (secondary N) is 1. The van der Waals surface area contributed by atoms with E-state index in [-0.39, 0.29) is 35.6 Å². The Balaban J connectivity index is 1.59. The molecule has 0 bridgehead atoms. The predicted molar refractivity (Wildman–Crippen MR) is 198 cm³/mol. The maximum atomic E-state index is 14.8. The third-order valence-corrected chi connectivity index (χ3v) is 11.0. The third-order valence-electron chi connectivity index (χ3n) is 9.25. The van der Waals surface area contributed by atoms with Gasteiger partial charge in [0.1, 0.15) is 18.3 Å². The lowest BCUT2D eigenvalue weighted by Crippen LogP contribution is -2.55. The summed E-state index contributed by atoms with van der Waals surface area (Å²) in [7, 11) is 0.128. The second kappa shape index (κ2) is 17.3. The van der Waals surface area contributed by atoms with Crippen LogP contribution in [0.3, 0.4) is 0 Å². The molecule has 51 heavy (non-hydrogen) atoms. The van der Waals surface area contributed by atoms with Crippen molar-refractivity contribution < 1.29 is 32.2 Å². The summed E-state index contributed by atoms with van der Waals surface area (Å²) in [5.74, 6) is 0.389. The molecule has 11 heteroatoms. The summed E-state index contributed by atoms with van der Waals surface area (Å²) >= 11 is 0. The number of amides is 2. The molecule has 1 saturated carbocycles. The number of nitrogens with zero attached hydrogens (tertiary/aromatic N) is 2. The number of benzene rings is 4. The fourth-order valence-electron chi connectivity index (χ4n) is 6.41. The van der Waals surface area contributed by atoms with Crippen LogP contribution in [0.5, 0.6) is 17.2 Å². The molecule has 0 spiro atoms. The summed E-state index contributed by atoms with van der Waals surface area (Å²) in [5.41, 5.74) is 2.83. The molecule has 0 saturated heterocycles. The van der Waals surface area contributed by atoms with Crippen molar-refractivity contribution in [3.63, 3.8) is 0 Å². The van der Waals surface area contributed by atoms with Crippen LogP contribution in [-0.2, 0) is 32.6 Å². The van der Waals surface area contributed by atoms with E-state index in [1.165, 1.54) is 37.3 Å². The monoisotopic (exact) mass is 713 g/mol. The number of methoxy groups -OCH3 is 3. The molecule has 1 N–H and O–H groups in total. The van der Waals surface area contributed by atoms with Gasteiger partial charge in [0.2, 0.25) is 11.8 Å². The molecule has 5 rings (SSSR count). The van der Waals surface area contributed by atoms with E-state index in [0.29, 0.717) is 17.2 Å². The Morgan fingerprint density at radius 3 is 2.14 bits per heavy atom. The zero-order valence-electron chi connectivity index (χ0n) is 29.7. The van der Waals surface area contributed by atoms with Crippen molar-refractivity contribution in [1.29, 1.82) is 0 Å². The average molecular weight is 714 g/mol. The molecule has 4 aromatic rings. The Labute approximate surface area is 301 Å². The van der Waals surface area contributed by atoms with Crippen LogP contribution in [0.15, 0.2) is 102 Å². The number of sulfonamides is 1. The van der Waals surface area contributed by atoms with E-state index in [1.54, 1.807) is 31.4 Å². The van der Waals surface area contributed by atoms with Crippen molar-refractivity contribution in [3.8, 4) is 17.2 Å². The fourth-order valence-corrected chi connectivity index (χ4v) is 7.84. The number of carbonyl (C=O) groups excluding carboxylic acids is 2. The van der Waals surface area contributed by atoms with Crippen molar-refractivity contribution in [2.45, 2.75) is 69.0 Å². The van der Waals surface area contributed by atoms with Gasteiger partial charge in [-0.15, -0.1) is 0 Å². The highest BCUT2D eigenvalue weighted by atomic mass is 32.2. The van der Waals surface area contributed by atoms with Crippen LogP contribution >= 0.6 is 0 Å². The normalized spacial score (nSPS) is 13.9. The number of aryl methyl sites for hydroxylation is 1. The first kappa shape index (κ1) is 37.2. The Bertz CT molecular complexity index is 1880. The largest absolute Gasteiger partial charge is 0.497 e. The van der Waals surface area contributed by atoms with Crippen LogP contribution in [-0.4, -0.2) is 65.1 Å². The van der Waals surface area contributed by atoms with Crippen molar-refractivity contribution in [1.82, 2.24) is 10.2 Å². The van der Waals surface area contributed by atoms with Crippen LogP contribution < -0.4 is 23.8 Å². The van der Waals surface area contributed by atoms with E-state index in [9.17, 15) is 18.0 Å². The number of rotatable bonds is 15. The van der Waals surface area contributed by atoms with Crippen LogP contribution in [0.25, 0.3) is 0 Å². The van der Waals surface area contributed by atoms with E-state index in [4.69, 9.17) is 14.2 Å². The number of hydrogen-bond donors (Lipinski definition) is 1. The summed E-state index contributed by atoms with van der Waals surface area (Å²) in [6, 6.07) is 27.2.